The topological polar surface area (TPSA) is 108 Å². The van der Waals surface area contributed by atoms with E-state index in [1.54, 1.807) is 39.0 Å². The fourth-order valence-corrected chi connectivity index (χ4v) is 3.30. The van der Waals surface area contributed by atoms with Crippen molar-refractivity contribution in [1.82, 2.24) is 10.2 Å². The average molecular weight is 456 g/mol. The lowest BCUT2D eigenvalue weighted by atomic mass is 10.0. The number of rotatable bonds is 8. The Morgan fingerprint density at radius 1 is 1.06 bits per heavy atom. The number of aliphatic hydroxyl groups is 1. The van der Waals surface area contributed by atoms with Gasteiger partial charge in [-0.15, -0.1) is 0 Å². The molecule has 3 N–H and O–H groups in total. The van der Waals surface area contributed by atoms with Gasteiger partial charge >= 0.3 is 6.09 Å². The zero-order valence-corrected chi connectivity index (χ0v) is 19.8. The third-order valence-corrected chi connectivity index (χ3v) is 4.76. The first-order chi connectivity index (χ1) is 15.5. The van der Waals surface area contributed by atoms with E-state index in [2.05, 4.69) is 10.6 Å². The summed E-state index contributed by atoms with van der Waals surface area (Å²) in [5, 5.41) is 15.0. The molecule has 1 atom stereocenters. The molecule has 0 heterocycles. The lowest BCUT2D eigenvalue weighted by Crippen LogP contribution is -2.47. The minimum Gasteiger partial charge on any atom is -0.444 e. The maximum Gasteiger partial charge on any atom is 0.408 e. The molecule has 8 nitrogen and oxygen atoms in total. The first kappa shape index (κ1) is 25.9. The van der Waals surface area contributed by atoms with Crippen molar-refractivity contribution < 1.29 is 24.2 Å². The van der Waals surface area contributed by atoms with Gasteiger partial charge in [0.25, 0.3) is 5.91 Å². The molecule has 2 aromatic carbocycles. The van der Waals surface area contributed by atoms with Crippen LogP contribution in [0.4, 0.5) is 10.5 Å². The van der Waals surface area contributed by atoms with E-state index >= 15 is 0 Å². The molecule has 1 unspecified atom stereocenters. The van der Waals surface area contributed by atoms with Crippen molar-refractivity contribution in [1.29, 1.82) is 0 Å². The van der Waals surface area contributed by atoms with Crippen LogP contribution in [-0.2, 0) is 14.3 Å². The number of carbonyl (C=O) groups is 3. The minimum atomic E-state index is -1.01. The number of para-hydroxylation sites is 1. The van der Waals surface area contributed by atoms with Crippen LogP contribution in [0.2, 0.25) is 0 Å². The van der Waals surface area contributed by atoms with Gasteiger partial charge in [0.05, 0.1) is 6.61 Å². The largest absolute Gasteiger partial charge is 0.444 e. The molecule has 0 spiro atoms. The number of nitrogens with one attached hydrogen (secondary N) is 2. The molecule has 0 fully saturated rings. The zero-order chi connectivity index (χ0) is 24.6. The second kappa shape index (κ2) is 11.5. The summed E-state index contributed by atoms with van der Waals surface area (Å²) in [6.07, 6.45) is -0.740. The summed E-state index contributed by atoms with van der Waals surface area (Å²) in [4.78, 5) is 39.8. The molecule has 2 aromatic rings. The third-order valence-electron chi connectivity index (χ3n) is 4.76. The Balaban J connectivity index is 2.32. The Bertz CT molecular complexity index is 984. The summed E-state index contributed by atoms with van der Waals surface area (Å²) in [6.45, 7) is 8.10. The summed E-state index contributed by atoms with van der Waals surface area (Å²) in [5.74, 6) is -0.949. The Kier molecular flexibility index (Phi) is 8.99. The highest BCUT2D eigenvalue weighted by Crippen LogP contribution is 2.25. The quantitative estimate of drug-likeness (QED) is 0.566. The second-order valence-corrected chi connectivity index (χ2v) is 8.79. The van der Waals surface area contributed by atoms with E-state index in [0.717, 1.165) is 11.1 Å². The number of benzene rings is 2. The van der Waals surface area contributed by atoms with Gasteiger partial charge in [-0.2, -0.15) is 0 Å². The molecule has 0 aliphatic heterocycles. The fourth-order valence-electron chi connectivity index (χ4n) is 3.30. The van der Waals surface area contributed by atoms with Gasteiger partial charge in [0.1, 0.15) is 18.2 Å². The smallest absolute Gasteiger partial charge is 0.408 e. The Morgan fingerprint density at radius 3 is 2.36 bits per heavy atom. The van der Waals surface area contributed by atoms with Crippen molar-refractivity contribution in [3.05, 3.63) is 65.2 Å². The van der Waals surface area contributed by atoms with E-state index in [9.17, 15) is 19.5 Å². The number of hydrogen-bond acceptors (Lipinski definition) is 5. The first-order valence-electron chi connectivity index (χ1n) is 10.8. The SMILES string of the molecule is Cc1cccc(C(C(=O)Nc2ccccc2C)N(CCO)C(=O)CNC(=O)OC(C)(C)C)c1. The van der Waals surface area contributed by atoms with E-state index in [0.29, 0.717) is 11.3 Å². The van der Waals surface area contributed by atoms with Crippen molar-refractivity contribution >= 4 is 23.6 Å². The van der Waals surface area contributed by atoms with Gasteiger partial charge in [0.2, 0.25) is 5.91 Å². The third kappa shape index (κ3) is 7.91. The van der Waals surface area contributed by atoms with Crippen molar-refractivity contribution in [2.45, 2.75) is 46.3 Å². The van der Waals surface area contributed by atoms with Crippen LogP contribution in [-0.4, -0.2) is 53.2 Å². The summed E-state index contributed by atoms with van der Waals surface area (Å²) < 4.78 is 5.18. The van der Waals surface area contributed by atoms with Gasteiger partial charge in [-0.05, 0) is 51.8 Å². The van der Waals surface area contributed by atoms with Gasteiger partial charge in [0, 0.05) is 12.2 Å². The Hall–Kier alpha value is -3.39. The molecule has 2 rings (SSSR count). The number of anilines is 1. The Morgan fingerprint density at radius 2 is 1.76 bits per heavy atom. The molecular weight excluding hydrogens is 422 g/mol. The van der Waals surface area contributed by atoms with Gasteiger partial charge in [-0.25, -0.2) is 4.79 Å². The van der Waals surface area contributed by atoms with E-state index in [4.69, 9.17) is 4.74 Å². The van der Waals surface area contributed by atoms with Crippen LogP contribution in [0.15, 0.2) is 48.5 Å². The van der Waals surface area contributed by atoms with Crippen LogP contribution in [0, 0.1) is 13.8 Å². The number of amides is 3. The molecule has 0 aliphatic rings. The lowest BCUT2D eigenvalue weighted by molar-refractivity contribution is -0.138. The van der Waals surface area contributed by atoms with Crippen LogP contribution in [0.5, 0.6) is 0 Å². The first-order valence-corrected chi connectivity index (χ1v) is 10.8. The molecule has 0 saturated heterocycles. The van der Waals surface area contributed by atoms with E-state index in [1.165, 1.54) is 4.90 Å². The summed E-state index contributed by atoms with van der Waals surface area (Å²) >= 11 is 0. The second-order valence-electron chi connectivity index (χ2n) is 8.79. The van der Waals surface area contributed by atoms with Gasteiger partial charge in [0.15, 0.2) is 0 Å². The summed E-state index contributed by atoms with van der Waals surface area (Å²) in [7, 11) is 0. The molecule has 0 aromatic heterocycles. The van der Waals surface area contributed by atoms with Crippen molar-refractivity contribution in [2.24, 2.45) is 0 Å². The van der Waals surface area contributed by atoms with Crippen LogP contribution in [0.3, 0.4) is 0 Å². The molecule has 0 saturated carbocycles. The number of carbonyl (C=O) groups excluding carboxylic acids is 3. The van der Waals surface area contributed by atoms with Crippen LogP contribution in [0.1, 0.15) is 43.5 Å². The highest BCUT2D eigenvalue weighted by molar-refractivity contribution is 5.98. The molecule has 178 valence electrons. The maximum absolute atomic E-state index is 13.4. The predicted molar refractivity (Wildman–Crippen MR) is 127 cm³/mol. The van der Waals surface area contributed by atoms with Crippen LogP contribution in [0.25, 0.3) is 0 Å². The molecular formula is C25H33N3O5. The molecule has 0 bridgehead atoms. The van der Waals surface area contributed by atoms with E-state index < -0.39 is 29.6 Å². The number of ether oxygens (including phenoxy) is 1. The highest BCUT2D eigenvalue weighted by atomic mass is 16.6. The van der Waals surface area contributed by atoms with Gasteiger partial charge in [-0.3, -0.25) is 9.59 Å². The lowest BCUT2D eigenvalue weighted by Gasteiger charge is -2.31. The molecule has 3 amide bonds. The number of aliphatic hydroxyl groups excluding tert-OH is 1. The average Bonchev–Trinajstić information content (AvgIpc) is 2.72. The zero-order valence-electron chi connectivity index (χ0n) is 19.8. The number of aryl methyl sites for hydroxylation is 2. The molecule has 0 radical (unpaired) electrons. The van der Waals surface area contributed by atoms with E-state index in [1.807, 2.05) is 44.2 Å². The predicted octanol–water partition coefficient (Wildman–Crippen LogP) is 3.33. The van der Waals surface area contributed by atoms with Crippen molar-refractivity contribution in [3.63, 3.8) is 0 Å². The van der Waals surface area contributed by atoms with Crippen molar-refractivity contribution in [2.75, 3.05) is 25.0 Å². The normalized spacial score (nSPS) is 11.9. The maximum atomic E-state index is 13.4. The molecule has 8 heteroatoms. The molecule has 33 heavy (non-hydrogen) atoms. The highest BCUT2D eigenvalue weighted by Gasteiger charge is 2.32. The summed E-state index contributed by atoms with van der Waals surface area (Å²) in [5.41, 5.74) is 2.31. The fraction of sp³-hybridized carbons (Fsp3) is 0.400. The minimum absolute atomic E-state index is 0.0887. The van der Waals surface area contributed by atoms with Crippen LogP contribution >= 0.6 is 0 Å². The van der Waals surface area contributed by atoms with Gasteiger partial charge in [-0.1, -0.05) is 48.0 Å². The monoisotopic (exact) mass is 455 g/mol. The summed E-state index contributed by atoms with van der Waals surface area (Å²) in [6, 6.07) is 13.6. The number of hydrogen-bond donors (Lipinski definition) is 3. The number of alkyl carbamates (subject to hydrolysis) is 1. The van der Waals surface area contributed by atoms with Crippen LogP contribution < -0.4 is 10.6 Å². The van der Waals surface area contributed by atoms with E-state index in [-0.39, 0.29) is 19.7 Å². The van der Waals surface area contributed by atoms with Crippen molar-refractivity contribution in [3.8, 4) is 0 Å². The van der Waals surface area contributed by atoms with Gasteiger partial charge < -0.3 is 25.4 Å². The standard InChI is InChI=1S/C25H33N3O5/c1-17-9-8-11-19(15-17)22(23(31)27-20-12-7-6-10-18(20)2)28(13-14-29)21(30)16-26-24(32)33-25(3,4)5/h6-12,15,22,29H,13-14,16H2,1-5H3,(H,26,32)(H,27,31). The number of nitrogens with zero attached hydrogens (tertiary/aromatic N) is 1. The Labute approximate surface area is 194 Å². The molecule has 0 aliphatic carbocycles.